The molecule has 0 saturated heterocycles. The number of hydrogen-bond donors (Lipinski definition) is 1. The molecule has 2 rings (SSSR count). The molecule has 0 aliphatic carbocycles. The van der Waals surface area contributed by atoms with Crippen LogP contribution in [0, 0.1) is 0 Å². The molecule has 1 amide bonds. The topological polar surface area (TPSA) is 95.5 Å². The van der Waals surface area contributed by atoms with Crippen molar-refractivity contribution < 1.29 is 13.2 Å². The van der Waals surface area contributed by atoms with Gasteiger partial charge in [-0.1, -0.05) is 0 Å². The Hall–Kier alpha value is -2.52. The van der Waals surface area contributed by atoms with E-state index in [9.17, 15) is 13.2 Å². The molecular weight excluding hydrogens is 354 g/mol. The summed E-state index contributed by atoms with van der Waals surface area (Å²) in [5.74, 6) is 0.686. The number of aromatic nitrogens is 2. The molecule has 1 aromatic carbocycles. The van der Waals surface area contributed by atoms with Crippen molar-refractivity contribution in [2.24, 2.45) is 0 Å². The van der Waals surface area contributed by atoms with E-state index in [1.807, 2.05) is 18.7 Å². The van der Waals surface area contributed by atoms with Crippen LogP contribution in [0.4, 0.5) is 11.6 Å². The number of benzene rings is 1. The summed E-state index contributed by atoms with van der Waals surface area (Å²) >= 11 is 0. The maximum atomic E-state index is 12.3. The lowest BCUT2D eigenvalue weighted by atomic mass is 10.2. The largest absolute Gasteiger partial charge is 0.356 e. The predicted molar refractivity (Wildman–Crippen MR) is 101 cm³/mol. The summed E-state index contributed by atoms with van der Waals surface area (Å²) in [4.78, 5) is 14.5. The zero-order valence-electron chi connectivity index (χ0n) is 15.3. The molecule has 1 heterocycles. The van der Waals surface area contributed by atoms with Crippen molar-refractivity contribution in [3.05, 3.63) is 42.0 Å². The minimum atomic E-state index is -3.52. The second kappa shape index (κ2) is 8.24. The van der Waals surface area contributed by atoms with E-state index in [1.54, 1.807) is 12.1 Å². The number of amides is 1. The van der Waals surface area contributed by atoms with Crippen LogP contribution >= 0.6 is 0 Å². The van der Waals surface area contributed by atoms with E-state index in [0.717, 1.165) is 23.2 Å². The number of nitrogens with zero attached hydrogens (tertiary/aromatic N) is 4. The highest BCUT2D eigenvalue weighted by molar-refractivity contribution is 7.89. The second-order valence-electron chi connectivity index (χ2n) is 5.71. The zero-order chi connectivity index (χ0) is 19.3. The summed E-state index contributed by atoms with van der Waals surface area (Å²) in [5.41, 5.74) is 0.331. The Morgan fingerprint density at radius 1 is 1.00 bits per heavy atom. The minimum absolute atomic E-state index is 0.127. The number of anilines is 2. The summed E-state index contributed by atoms with van der Waals surface area (Å²) in [6.45, 7) is 5.69. The molecule has 140 valence electrons. The van der Waals surface area contributed by atoms with Gasteiger partial charge in [0.05, 0.1) is 4.90 Å². The fraction of sp³-hybridized carbons (Fsp3) is 0.353. The molecule has 0 unspecified atom stereocenters. The van der Waals surface area contributed by atoms with Crippen molar-refractivity contribution in [3.8, 4) is 0 Å². The first-order valence-corrected chi connectivity index (χ1v) is 9.66. The first kappa shape index (κ1) is 19.8. The molecular formula is C17H23N5O3S. The lowest BCUT2D eigenvalue weighted by Crippen LogP contribution is -2.23. The number of carbonyl (C=O) groups is 1. The van der Waals surface area contributed by atoms with Crippen molar-refractivity contribution >= 4 is 27.6 Å². The Kier molecular flexibility index (Phi) is 6.27. The van der Waals surface area contributed by atoms with E-state index >= 15 is 0 Å². The lowest BCUT2D eigenvalue weighted by molar-refractivity contribution is 0.102. The molecule has 0 atom stereocenters. The normalized spacial score (nSPS) is 11.4. The summed E-state index contributed by atoms with van der Waals surface area (Å²) < 4.78 is 25.2. The maximum absolute atomic E-state index is 12.3. The average Bonchev–Trinajstić information content (AvgIpc) is 2.64. The number of carbonyl (C=O) groups excluding carboxylic acids is 1. The van der Waals surface area contributed by atoms with E-state index in [1.165, 1.54) is 38.4 Å². The van der Waals surface area contributed by atoms with Gasteiger partial charge in [-0.15, -0.1) is 10.2 Å². The lowest BCUT2D eigenvalue weighted by Gasteiger charge is -2.18. The molecule has 1 aromatic heterocycles. The van der Waals surface area contributed by atoms with Gasteiger partial charge in [0.25, 0.3) is 5.91 Å². The van der Waals surface area contributed by atoms with E-state index in [2.05, 4.69) is 15.5 Å². The third kappa shape index (κ3) is 4.36. The summed E-state index contributed by atoms with van der Waals surface area (Å²) in [6.07, 6.45) is 0. The molecule has 9 heteroatoms. The number of sulfonamides is 1. The van der Waals surface area contributed by atoms with Crippen LogP contribution in [-0.2, 0) is 10.0 Å². The molecule has 0 aliphatic heterocycles. The first-order valence-electron chi connectivity index (χ1n) is 8.22. The van der Waals surface area contributed by atoms with Crippen molar-refractivity contribution in [2.75, 3.05) is 37.4 Å². The molecule has 26 heavy (non-hydrogen) atoms. The van der Waals surface area contributed by atoms with Gasteiger partial charge >= 0.3 is 0 Å². The van der Waals surface area contributed by atoms with Crippen LogP contribution in [-0.4, -0.2) is 56.0 Å². The predicted octanol–water partition coefficient (Wildman–Crippen LogP) is 1.83. The summed E-state index contributed by atoms with van der Waals surface area (Å²) in [6, 6.07) is 9.21. The SMILES string of the molecule is CCN(CC)c1ccc(NC(=O)c2ccc(S(=O)(=O)N(C)C)cc2)nn1. The van der Waals surface area contributed by atoms with E-state index < -0.39 is 10.0 Å². The summed E-state index contributed by atoms with van der Waals surface area (Å²) in [7, 11) is -0.612. The van der Waals surface area contributed by atoms with Gasteiger partial charge < -0.3 is 10.2 Å². The van der Waals surface area contributed by atoms with Gasteiger partial charge in [-0.25, -0.2) is 12.7 Å². The monoisotopic (exact) mass is 377 g/mol. The molecule has 2 aromatic rings. The van der Waals surface area contributed by atoms with Gasteiger partial charge in [0.15, 0.2) is 11.6 Å². The van der Waals surface area contributed by atoms with Gasteiger partial charge in [0.1, 0.15) is 0 Å². The fourth-order valence-electron chi connectivity index (χ4n) is 2.29. The molecule has 0 aliphatic rings. The Bertz CT molecular complexity index is 845. The quantitative estimate of drug-likeness (QED) is 0.791. The highest BCUT2D eigenvalue weighted by Gasteiger charge is 2.17. The van der Waals surface area contributed by atoms with Crippen LogP contribution in [0.3, 0.4) is 0 Å². The Balaban J connectivity index is 2.10. The number of nitrogens with one attached hydrogen (secondary N) is 1. The fourth-order valence-corrected chi connectivity index (χ4v) is 3.19. The highest BCUT2D eigenvalue weighted by Crippen LogP contribution is 2.16. The summed E-state index contributed by atoms with van der Waals surface area (Å²) in [5, 5.41) is 10.8. The van der Waals surface area contributed by atoms with E-state index in [0.29, 0.717) is 11.4 Å². The van der Waals surface area contributed by atoms with Crippen LogP contribution in [0.5, 0.6) is 0 Å². The van der Waals surface area contributed by atoms with Gasteiger partial charge in [-0.3, -0.25) is 4.79 Å². The maximum Gasteiger partial charge on any atom is 0.256 e. The van der Waals surface area contributed by atoms with Crippen molar-refractivity contribution in [2.45, 2.75) is 18.7 Å². The third-order valence-electron chi connectivity index (χ3n) is 3.87. The molecule has 0 radical (unpaired) electrons. The Labute approximate surface area is 153 Å². The second-order valence-corrected chi connectivity index (χ2v) is 7.87. The molecule has 0 saturated carbocycles. The van der Waals surface area contributed by atoms with Crippen LogP contribution < -0.4 is 10.2 Å². The van der Waals surface area contributed by atoms with Gasteiger partial charge in [0.2, 0.25) is 10.0 Å². The first-order chi connectivity index (χ1) is 12.3. The van der Waals surface area contributed by atoms with Crippen molar-refractivity contribution in [1.82, 2.24) is 14.5 Å². The molecule has 8 nitrogen and oxygen atoms in total. The van der Waals surface area contributed by atoms with Crippen LogP contribution in [0.15, 0.2) is 41.3 Å². The van der Waals surface area contributed by atoms with Crippen LogP contribution in [0.25, 0.3) is 0 Å². The van der Waals surface area contributed by atoms with Crippen molar-refractivity contribution in [3.63, 3.8) is 0 Å². The zero-order valence-corrected chi connectivity index (χ0v) is 16.1. The van der Waals surface area contributed by atoms with E-state index in [-0.39, 0.29) is 10.8 Å². The van der Waals surface area contributed by atoms with Gasteiger partial charge in [0, 0.05) is 32.7 Å². The average molecular weight is 377 g/mol. The smallest absolute Gasteiger partial charge is 0.256 e. The highest BCUT2D eigenvalue weighted by atomic mass is 32.2. The molecule has 0 spiro atoms. The van der Waals surface area contributed by atoms with Crippen molar-refractivity contribution in [1.29, 1.82) is 0 Å². The van der Waals surface area contributed by atoms with Crippen LogP contribution in [0.1, 0.15) is 24.2 Å². The van der Waals surface area contributed by atoms with Gasteiger partial charge in [-0.05, 0) is 50.2 Å². The molecule has 0 fully saturated rings. The standard InChI is InChI=1S/C17H23N5O3S/c1-5-22(6-2)16-12-11-15(19-20-16)18-17(23)13-7-9-14(10-8-13)26(24,25)21(3)4/h7-12H,5-6H2,1-4H3,(H,18,19,23). The third-order valence-corrected chi connectivity index (χ3v) is 5.70. The van der Waals surface area contributed by atoms with Crippen LogP contribution in [0.2, 0.25) is 0 Å². The van der Waals surface area contributed by atoms with E-state index in [4.69, 9.17) is 0 Å². The number of rotatable bonds is 7. The minimum Gasteiger partial charge on any atom is -0.356 e. The number of hydrogen-bond acceptors (Lipinski definition) is 6. The molecule has 0 bridgehead atoms. The van der Waals surface area contributed by atoms with Gasteiger partial charge in [-0.2, -0.15) is 0 Å². The Morgan fingerprint density at radius 2 is 1.62 bits per heavy atom. The Morgan fingerprint density at radius 3 is 2.08 bits per heavy atom. The molecule has 1 N–H and O–H groups in total.